The highest BCUT2D eigenvalue weighted by Gasteiger charge is 2.41. The molecule has 6 aromatic carbocycles. The second-order valence-corrected chi connectivity index (χ2v) is 15.6. The molecular weight excluding hydrogens is 901 g/mol. The quantitative estimate of drug-likeness (QED) is 0.103. The molecule has 0 spiro atoms. The average molecular weight is 953 g/mol. The fourth-order valence-corrected chi connectivity index (χ4v) is 7.18. The van der Waals surface area contributed by atoms with Gasteiger partial charge in [-0.25, -0.2) is 19.2 Å². The van der Waals surface area contributed by atoms with Crippen LogP contribution in [0.15, 0.2) is 170 Å². The summed E-state index contributed by atoms with van der Waals surface area (Å²) in [5, 5.41) is 18.6. The van der Waals surface area contributed by atoms with Gasteiger partial charge in [-0.05, 0) is 82.6 Å². The molecule has 4 atom stereocenters. The van der Waals surface area contributed by atoms with E-state index >= 15 is 0 Å². The van der Waals surface area contributed by atoms with Crippen LogP contribution >= 0.6 is 27.0 Å². The van der Waals surface area contributed by atoms with Gasteiger partial charge in [0.2, 0.25) is 12.2 Å². The molecule has 6 aromatic rings. The number of rotatable bonds is 9. The molecule has 0 amide bonds. The van der Waals surface area contributed by atoms with Crippen molar-refractivity contribution in [3.8, 4) is 0 Å². The molecule has 0 saturated carbocycles. The number of carbonyl (C=O) groups excluding carboxylic acids is 4. The zero-order valence-corrected chi connectivity index (χ0v) is 39.2. The Bertz CT molecular complexity index is 2600. The Balaban J connectivity index is 0.000000225. The predicted octanol–water partition coefficient (Wildman–Crippen LogP) is 7.59. The van der Waals surface area contributed by atoms with Crippen molar-refractivity contribution in [3.63, 3.8) is 0 Å². The first kappa shape index (κ1) is 53.3. The zero-order valence-electron chi connectivity index (χ0n) is 37.2. The van der Waals surface area contributed by atoms with Gasteiger partial charge in [0.15, 0.2) is 11.6 Å². The lowest BCUT2D eigenvalue weighted by Gasteiger charge is -2.21. The Morgan fingerprint density at radius 2 is 0.794 bits per heavy atom. The number of ether oxygens (including phenoxy) is 2. The van der Waals surface area contributed by atoms with E-state index in [1.807, 2.05) is 109 Å². The van der Waals surface area contributed by atoms with E-state index in [2.05, 4.69) is 12.1 Å². The van der Waals surface area contributed by atoms with Gasteiger partial charge >= 0.3 is 23.9 Å². The first-order valence-corrected chi connectivity index (χ1v) is 21.0. The maximum atomic E-state index is 12.2. The average Bonchev–Trinajstić information content (AvgIpc) is 3.53. The number of hydrogen-bond acceptors (Lipinski definition) is 10. The third-order valence-corrected chi connectivity index (χ3v) is 10.8. The number of carboxylic acids is 2. The molecule has 14 heteroatoms. The molecule has 6 N–H and O–H groups in total. The van der Waals surface area contributed by atoms with Crippen molar-refractivity contribution < 1.29 is 48.5 Å². The van der Waals surface area contributed by atoms with E-state index in [0.717, 1.165) is 55.7 Å². The van der Waals surface area contributed by atoms with Crippen LogP contribution in [-0.2, 0) is 41.5 Å². The number of hydrogen-bond donors (Lipinski definition) is 4. The van der Waals surface area contributed by atoms with E-state index in [1.165, 1.54) is 24.3 Å². The van der Waals surface area contributed by atoms with Gasteiger partial charge in [-0.15, -0.1) is 0 Å². The standard InChI is InChI=1S/C20H18O8.2C17H15NO.2H2S/c1-11-3-7-13(8-4-11)19(25)27-15(17(21)22)16(18(23)24)28-20(26)14-9-5-12(2)6-10-14;2*18-16-11-15(12-6-2-1-3-7-12)14-9-5-4-8-13(14)10-17(16)19;;/h3-10,15-16H,1-2H3,(H,21,22)(H,23,24);2*1-9,11,16H,10,18H2;2*1H2/t15-,16-;16-;;;/m00.../s1. The number of carboxylic acid groups (broad SMARTS) is 2. The van der Waals surface area contributed by atoms with E-state index in [9.17, 15) is 39.0 Å². The highest BCUT2D eigenvalue weighted by Crippen LogP contribution is 2.31. The molecule has 350 valence electrons. The SMILES string of the molecule is Cc1ccc(C(=O)O[C@H](C(=O)O)[C@H](OC(=O)c2ccc(C)cc2)C(=O)O)cc1.NC1C=C(c2ccccc2)c2ccccc2CC1=O.N[C@H]1C=C(c2ccccc2)c2ccccc2CC1=O.S.S. The van der Waals surface area contributed by atoms with Gasteiger partial charge in [0.1, 0.15) is 0 Å². The number of nitrogens with two attached hydrogens (primary N) is 2. The third kappa shape index (κ3) is 13.8. The van der Waals surface area contributed by atoms with Crippen molar-refractivity contribution in [3.05, 3.63) is 226 Å². The first-order chi connectivity index (χ1) is 31.7. The second-order valence-electron chi connectivity index (χ2n) is 15.6. The number of Topliss-reactive ketones (excluding diaryl/α,β-unsaturated/α-hetero) is 2. The van der Waals surface area contributed by atoms with Crippen molar-refractivity contribution in [1.82, 2.24) is 0 Å². The number of carbonyl (C=O) groups is 6. The van der Waals surface area contributed by atoms with Gasteiger partial charge < -0.3 is 31.2 Å². The van der Waals surface area contributed by atoms with E-state index in [1.54, 1.807) is 38.1 Å². The molecule has 0 radical (unpaired) electrons. The summed E-state index contributed by atoms with van der Waals surface area (Å²) in [5.74, 6) is -5.49. The number of ketones is 2. The van der Waals surface area contributed by atoms with Crippen LogP contribution in [0.1, 0.15) is 65.2 Å². The van der Waals surface area contributed by atoms with E-state index < -0.39 is 48.2 Å². The smallest absolute Gasteiger partial charge is 0.349 e. The topological polar surface area (TPSA) is 213 Å². The number of aliphatic carboxylic acids is 2. The lowest BCUT2D eigenvalue weighted by Crippen LogP contribution is -2.45. The fourth-order valence-electron chi connectivity index (χ4n) is 7.18. The Hall–Kier alpha value is -7.36. The predicted molar refractivity (Wildman–Crippen MR) is 270 cm³/mol. The summed E-state index contributed by atoms with van der Waals surface area (Å²) in [6.45, 7) is 3.58. The van der Waals surface area contributed by atoms with Gasteiger partial charge in [-0.1, -0.05) is 157 Å². The largest absolute Gasteiger partial charge is 0.478 e. The summed E-state index contributed by atoms with van der Waals surface area (Å²) in [4.78, 5) is 71.3. The van der Waals surface area contributed by atoms with Crippen molar-refractivity contribution in [2.75, 3.05) is 0 Å². The summed E-state index contributed by atoms with van der Waals surface area (Å²) in [6.07, 6.45) is 0.128. The molecule has 68 heavy (non-hydrogen) atoms. The van der Waals surface area contributed by atoms with Crippen LogP contribution in [0.3, 0.4) is 0 Å². The summed E-state index contributed by atoms with van der Waals surface area (Å²) in [5.41, 5.74) is 22.3. The molecule has 8 rings (SSSR count). The Labute approximate surface area is 408 Å². The second kappa shape index (κ2) is 25.0. The molecule has 2 aliphatic rings. The zero-order chi connectivity index (χ0) is 47.3. The van der Waals surface area contributed by atoms with Crippen LogP contribution in [0.25, 0.3) is 11.1 Å². The summed E-state index contributed by atoms with van der Waals surface area (Å²) in [7, 11) is 0. The molecule has 0 saturated heterocycles. The minimum Gasteiger partial charge on any atom is -0.478 e. The Kier molecular flexibility index (Phi) is 19.6. The van der Waals surface area contributed by atoms with Crippen LogP contribution < -0.4 is 11.5 Å². The maximum Gasteiger partial charge on any atom is 0.349 e. The highest BCUT2D eigenvalue weighted by atomic mass is 32.1. The van der Waals surface area contributed by atoms with Gasteiger partial charge in [0, 0.05) is 12.8 Å². The van der Waals surface area contributed by atoms with Crippen LogP contribution in [0.4, 0.5) is 0 Å². The molecule has 0 aliphatic heterocycles. The lowest BCUT2D eigenvalue weighted by molar-refractivity contribution is -0.166. The van der Waals surface area contributed by atoms with Crippen LogP contribution in [0.2, 0.25) is 0 Å². The maximum absolute atomic E-state index is 12.2. The molecule has 0 aromatic heterocycles. The molecule has 0 heterocycles. The monoisotopic (exact) mass is 952 g/mol. The van der Waals surface area contributed by atoms with Crippen molar-refractivity contribution in [2.24, 2.45) is 11.5 Å². The summed E-state index contributed by atoms with van der Waals surface area (Å²) >= 11 is 0. The third-order valence-electron chi connectivity index (χ3n) is 10.8. The Morgan fingerprint density at radius 1 is 0.485 bits per heavy atom. The molecule has 0 bridgehead atoms. The highest BCUT2D eigenvalue weighted by molar-refractivity contribution is 7.59. The Morgan fingerprint density at radius 3 is 1.12 bits per heavy atom. The van der Waals surface area contributed by atoms with E-state index in [4.69, 9.17) is 20.9 Å². The number of fused-ring (bicyclic) bond motifs is 2. The molecule has 0 fully saturated rings. The molecule has 12 nitrogen and oxygen atoms in total. The van der Waals surface area contributed by atoms with Gasteiger partial charge in [0.05, 0.1) is 23.2 Å². The van der Waals surface area contributed by atoms with Crippen LogP contribution in [-0.4, -0.2) is 69.9 Å². The van der Waals surface area contributed by atoms with Gasteiger partial charge in [-0.2, -0.15) is 27.0 Å². The van der Waals surface area contributed by atoms with Gasteiger partial charge in [-0.3, -0.25) is 9.59 Å². The summed E-state index contributed by atoms with van der Waals surface area (Å²) in [6, 6.07) is 47.2. The van der Waals surface area contributed by atoms with Crippen LogP contribution in [0, 0.1) is 13.8 Å². The first-order valence-electron chi connectivity index (χ1n) is 21.0. The van der Waals surface area contributed by atoms with E-state index in [-0.39, 0.29) is 49.7 Å². The van der Waals surface area contributed by atoms with Crippen molar-refractivity contribution in [2.45, 2.75) is 51.0 Å². The summed E-state index contributed by atoms with van der Waals surface area (Å²) < 4.78 is 9.64. The number of aryl methyl sites for hydroxylation is 2. The van der Waals surface area contributed by atoms with E-state index in [0.29, 0.717) is 12.8 Å². The minimum atomic E-state index is -2.22. The van der Waals surface area contributed by atoms with Crippen LogP contribution in [0.5, 0.6) is 0 Å². The van der Waals surface area contributed by atoms with Crippen molar-refractivity contribution in [1.29, 1.82) is 0 Å². The molecule has 2 aliphatic carbocycles. The number of esters is 2. The van der Waals surface area contributed by atoms with Gasteiger partial charge in [0.25, 0.3) is 0 Å². The molecular formula is C54H52N2O10S2. The minimum absolute atomic E-state index is 0. The number of benzene rings is 6. The van der Waals surface area contributed by atoms with Crippen molar-refractivity contribution >= 4 is 73.6 Å². The fraction of sp³-hybridized carbons (Fsp3) is 0.148. The normalized spacial score (nSPS) is 15.5. The lowest BCUT2D eigenvalue weighted by atomic mass is 9.94. The molecule has 1 unspecified atom stereocenters.